The molecule has 26 heavy (non-hydrogen) atoms. The fourth-order valence-corrected chi connectivity index (χ4v) is 3.00. The molecule has 0 unspecified atom stereocenters. The molecule has 0 saturated heterocycles. The maximum atomic E-state index is 5.66. The summed E-state index contributed by atoms with van der Waals surface area (Å²) >= 11 is 5.37. The molecule has 1 aliphatic rings. The quantitative estimate of drug-likeness (QED) is 0.570. The number of nitrogens with one attached hydrogen (secondary N) is 2. The largest absolute Gasteiger partial charge is 0.494 e. The van der Waals surface area contributed by atoms with Crippen molar-refractivity contribution in [1.29, 1.82) is 0 Å². The second-order valence-corrected chi connectivity index (χ2v) is 6.29. The van der Waals surface area contributed by atoms with Crippen molar-refractivity contribution >= 4 is 23.0 Å². The maximum Gasteiger partial charge on any atom is 0.170 e. The van der Waals surface area contributed by atoms with E-state index >= 15 is 0 Å². The van der Waals surface area contributed by atoms with Crippen molar-refractivity contribution in [3.63, 3.8) is 0 Å². The minimum atomic E-state index is 0.572. The third kappa shape index (κ3) is 5.02. The summed E-state index contributed by atoms with van der Waals surface area (Å²) in [6.45, 7) is 4.63. The summed E-state index contributed by atoms with van der Waals surface area (Å²) in [6.07, 6.45) is 1.91. The summed E-state index contributed by atoms with van der Waals surface area (Å²) in [6, 6.07) is 13.9. The van der Waals surface area contributed by atoms with E-state index in [2.05, 4.69) is 16.7 Å². The van der Waals surface area contributed by atoms with Crippen molar-refractivity contribution in [3.05, 3.63) is 48.0 Å². The van der Waals surface area contributed by atoms with E-state index in [0.29, 0.717) is 24.9 Å². The Bertz CT molecular complexity index is 752. The number of thiocarbonyl (C=S) groups is 1. The summed E-state index contributed by atoms with van der Waals surface area (Å²) in [5.74, 6) is 2.48. The minimum Gasteiger partial charge on any atom is -0.494 e. The molecule has 0 aromatic heterocycles. The van der Waals surface area contributed by atoms with Crippen LogP contribution in [0.4, 0.5) is 5.69 Å². The number of ether oxygens (including phenoxy) is 3. The van der Waals surface area contributed by atoms with Gasteiger partial charge in [-0.05, 0) is 55.7 Å². The molecule has 0 amide bonds. The van der Waals surface area contributed by atoms with Gasteiger partial charge in [-0.1, -0.05) is 18.2 Å². The first kappa shape index (κ1) is 18.3. The van der Waals surface area contributed by atoms with Gasteiger partial charge in [-0.2, -0.15) is 0 Å². The molecule has 2 aromatic rings. The van der Waals surface area contributed by atoms with E-state index in [1.807, 2.05) is 43.3 Å². The van der Waals surface area contributed by atoms with Crippen LogP contribution in [0.1, 0.15) is 18.9 Å². The maximum absolute atomic E-state index is 5.66. The molecule has 6 heteroatoms. The molecular formula is C20H24N2O3S. The second kappa shape index (κ2) is 9.29. The van der Waals surface area contributed by atoms with Crippen LogP contribution in [0.3, 0.4) is 0 Å². The van der Waals surface area contributed by atoms with E-state index in [-0.39, 0.29) is 0 Å². The van der Waals surface area contributed by atoms with Gasteiger partial charge in [0, 0.05) is 18.3 Å². The molecule has 0 atom stereocenters. The third-order valence-electron chi connectivity index (χ3n) is 3.98. The van der Waals surface area contributed by atoms with Gasteiger partial charge in [0.25, 0.3) is 0 Å². The Morgan fingerprint density at radius 2 is 1.92 bits per heavy atom. The van der Waals surface area contributed by atoms with Crippen LogP contribution in [0.2, 0.25) is 0 Å². The summed E-state index contributed by atoms with van der Waals surface area (Å²) in [7, 11) is 0. The first-order valence-corrected chi connectivity index (χ1v) is 9.32. The van der Waals surface area contributed by atoms with E-state index in [0.717, 1.165) is 42.3 Å². The molecule has 5 nitrogen and oxygen atoms in total. The van der Waals surface area contributed by atoms with Crippen molar-refractivity contribution in [2.75, 3.05) is 31.7 Å². The van der Waals surface area contributed by atoms with Crippen LogP contribution in [-0.2, 0) is 6.42 Å². The van der Waals surface area contributed by atoms with Gasteiger partial charge in [0.2, 0.25) is 0 Å². The number of aryl methyl sites for hydroxylation is 1. The minimum absolute atomic E-state index is 0.572. The molecule has 1 aliphatic heterocycles. The average Bonchev–Trinajstić information content (AvgIpc) is 2.66. The molecule has 0 aliphatic carbocycles. The van der Waals surface area contributed by atoms with E-state index < -0.39 is 0 Å². The highest BCUT2D eigenvalue weighted by atomic mass is 32.1. The predicted molar refractivity (Wildman–Crippen MR) is 108 cm³/mol. The zero-order valence-corrected chi connectivity index (χ0v) is 15.7. The van der Waals surface area contributed by atoms with Gasteiger partial charge in [-0.3, -0.25) is 0 Å². The van der Waals surface area contributed by atoms with Crippen molar-refractivity contribution in [2.24, 2.45) is 0 Å². The van der Waals surface area contributed by atoms with Gasteiger partial charge in [-0.15, -0.1) is 0 Å². The third-order valence-corrected chi connectivity index (χ3v) is 4.23. The van der Waals surface area contributed by atoms with E-state index in [1.54, 1.807) is 0 Å². The molecule has 2 aromatic carbocycles. The molecule has 0 saturated carbocycles. The van der Waals surface area contributed by atoms with E-state index in [4.69, 9.17) is 26.4 Å². The van der Waals surface area contributed by atoms with Crippen LogP contribution in [0, 0.1) is 0 Å². The lowest BCUT2D eigenvalue weighted by atomic mass is 10.1. The molecule has 0 fully saturated rings. The smallest absolute Gasteiger partial charge is 0.170 e. The molecule has 0 bridgehead atoms. The Kier molecular flexibility index (Phi) is 6.55. The zero-order chi connectivity index (χ0) is 18.2. The Morgan fingerprint density at radius 3 is 2.77 bits per heavy atom. The highest BCUT2D eigenvalue weighted by Gasteiger charge is 2.12. The van der Waals surface area contributed by atoms with Gasteiger partial charge in [0.15, 0.2) is 16.6 Å². The van der Waals surface area contributed by atoms with Crippen LogP contribution in [-0.4, -0.2) is 31.5 Å². The number of anilines is 1. The number of para-hydroxylation sites is 1. The van der Waals surface area contributed by atoms with Crippen LogP contribution in [0.25, 0.3) is 0 Å². The average molecular weight is 372 g/mol. The van der Waals surface area contributed by atoms with Crippen LogP contribution >= 0.6 is 12.2 Å². The van der Waals surface area contributed by atoms with Gasteiger partial charge >= 0.3 is 0 Å². The normalized spacial score (nSPS) is 12.3. The number of rotatable bonds is 7. The highest BCUT2D eigenvalue weighted by molar-refractivity contribution is 7.80. The fraction of sp³-hybridized carbons (Fsp3) is 0.350. The first-order chi connectivity index (χ1) is 12.8. The van der Waals surface area contributed by atoms with Crippen LogP contribution in [0.15, 0.2) is 42.5 Å². The predicted octanol–water partition coefficient (Wildman–Crippen LogP) is 3.78. The Morgan fingerprint density at radius 1 is 1.12 bits per heavy atom. The summed E-state index contributed by atoms with van der Waals surface area (Å²) in [4.78, 5) is 0. The van der Waals surface area contributed by atoms with Crippen LogP contribution in [0.5, 0.6) is 17.2 Å². The number of hydrogen-bond donors (Lipinski definition) is 2. The van der Waals surface area contributed by atoms with Gasteiger partial charge in [0.1, 0.15) is 19.0 Å². The SMILES string of the molecule is CCOc1ccccc1CCCNC(=S)Nc1ccc2c(c1)OCCO2. The standard InChI is InChI=1S/C20H24N2O3S/c1-2-23-17-8-4-3-6-15(17)7-5-11-21-20(26)22-16-9-10-18-19(14-16)25-13-12-24-18/h3-4,6,8-10,14H,2,5,7,11-13H2,1H3,(H2,21,22,26). The second-order valence-electron chi connectivity index (χ2n) is 5.88. The Balaban J connectivity index is 1.43. The van der Waals surface area contributed by atoms with Crippen molar-refractivity contribution < 1.29 is 14.2 Å². The lowest BCUT2D eigenvalue weighted by Gasteiger charge is -2.19. The molecule has 1 heterocycles. The molecule has 3 rings (SSSR count). The summed E-state index contributed by atoms with van der Waals surface area (Å²) in [5.41, 5.74) is 2.11. The lowest BCUT2D eigenvalue weighted by Crippen LogP contribution is -2.29. The topological polar surface area (TPSA) is 51.8 Å². The Labute approximate surface area is 159 Å². The molecule has 0 spiro atoms. The van der Waals surface area contributed by atoms with Crippen molar-refractivity contribution in [2.45, 2.75) is 19.8 Å². The summed E-state index contributed by atoms with van der Waals surface area (Å²) < 4.78 is 16.8. The van der Waals surface area contributed by atoms with Crippen LogP contribution < -0.4 is 24.8 Å². The zero-order valence-electron chi connectivity index (χ0n) is 14.9. The van der Waals surface area contributed by atoms with E-state index in [1.165, 1.54) is 5.56 Å². The highest BCUT2D eigenvalue weighted by Crippen LogP contribution is 2.32. The number of fused-ring (bicyclic) bond motifs is 1. The Hall–Kier alpha value is -2.47. The number of benzene rings is 2. The van der Waals surface area contributed by atoms with E-state index in [9.17, 15) is 0 Å². The van der Waals surface area contributed by atoms with Crippen molar-refractivity contribution in [1.82, 2.24) is 5.32 Å². The van der Waals surface area contributed by atoms with Gasteiger partial charge < -0.3 is 24.8 Å². The fourth-order valence-electron chi connectivity index (χ4n) is 2.78. The van der Waals surface area contributed by atoms with Gasteiger partial charge in [0.05, 0.1) is 6.61 Å². The molecular weight excluding hydrogens is 348 g/mol. The number of hydrogen-bond acceptors (Lipinski definition) is 4. The molecule has 2 N–H and O–H groups in total. The van der Waals surface area contributed by atoms with Crippen molar-refractivity contribution in [3.8, 4) is 17.2 Å². The van der Waals surface area contributed by atoms with Gasteiger partial charge in [-0.25, -0.2) is 0 Å². The summed E-state index contributed by atoms with van der Waals surface area (Å²) in [5, 5.41) is 7.02. The first-order valence-electron chi connectivity index (χ1n) is 8.91. The monoisotopic (exact) mass is 372 g/mol. The molecule has 138 valence electrons. The lowest BCUT2D eigenvalue weighted by molar-refractivity contribution is 0.171. The molecule has 0 radical (unpaired) electrons.